The summed E-state index contributed by atoms with van der Waals surface area (Å²) >= 11 is 0. The molecule has 2 fully saturated rings. The van der Waals surface area contributed by atoms with E-state index in [-0.39, 0.29) is 0 Å². The molecule has 0 unspecified atom stereocenters. The van der Waals surface area contributed by atoms with Crippen LogP contribution in [-0.4, -0.2) is 35.6 Å². The van der Waals surface area contributed by atoms with Crippen molar-refractivity contribution in [1.29, 1.82) is 0 Å². The van der Waals surface area contributed by atoms with Crippen molar-refractivity contribution in [2.75, 3.05) is 13.1 Å². The summed E-state index contributed by atoms with van der Waals surface area (Å²) < 4.78 is 28.8. The molecule has 0 radical (unpaired) electrons. The van der Waals surface area contributed by atoms with Gasteiger partial charge in [0, 0.05) is 25.8 Å². The molecule has 2 bridgehead atoms. The highest BCUT2D eigenvalue weighted by molar-refractivity contribution is 7.89. The fraction of sp³-hybridized carbons (Fsp3) is 0.786. The number of rotatable bonds is 4. The molecule has 3 rings (SSSR count). The Kier molecular flexibility index (Phi) is 3.86. The fourth-order valence-electron chi connectivity index (χ4n) is 3.56. The van der Waals surface area contributed by atoms with Crippen molar-refractivity contribution in [2.45, 2.75) is 50.5 Å². The van der Waals surface area contributed by atoms with Crippen LogP contribution in [0.25, 0.3) is 0 Å². The maximum Gasteiger partial charge on any atom is 0.246 e. The number of nitrogens with zero attached hydrogens (tertiary/aromatic N) is 3. The van der Waals surface area contributed by atoms with Gasteiger partial charge >= 0.3 is 0 Å². The van der Waals surface area contributed by atoms with Crippen LogP contribution in [0.4, 0.5) is 0 Å². The lowest BCUT2D eigenvalue weighted by atomic mass is 9.79. The molecule has 0 spiro atoms. The molecule has 2 heterocycles. The predicted octanol–water partition coefficient (Wildman–Crippen LogP) is 2.10. The summed E-state index contributed by atoms with van der Waals surface area (Å²) in [6.45, 7) is 4.21. The second-order valence-corrected chi connectivity index (χ2v) is 8.10. The summed E-state index contributed by atoms with van der Waals surface area (Å²) in [7, 11) is -3.35. The number of sulfonamides is 1. The minimum Gasteiger partial charge on any atom is -0.271 e. The monoisotopic (exact) mass is 297 g/mol. The van der Waals surface area contributed by atoms with Gasteiger partial charge in [0.15, 0.2) is 0 Å². The van der Waals surface area contributed by atoms with Gasteiger partial charge in [-0.05, 0) is 37.5 Å². The Morgan fingerprint density at radius 3 is 2.65 bits per heavy atom. The van der Waals surface area contributed by atoms with Crippen molar-refractivity contribution in [1.82, 2.24) is 14.1 Å². The summed E-state index contributed by atoms with van der Waals surface area (Å²) in [5.74, 6) is 1.12. The molecular weight excluding hydrogens is 274 g/mol. The van der Waals surface area contributed by atoms with Crippen molar-refractivity contribution in [3.8, 4) is 0 Å². The van der Waals surface area contributed by atoms with Gasteiger partial charge in [0.2, 0.25) is 10.0 Å². The quantitative estimate of drug-likeness (QED) is 0.855. The van der Waals surface area contributed by atoms with Gasteiger partial charge in [0.25, 0.3) is 0 Å². The minimum absolute atomic E-state index is 0.353. The number of fused-ring (bicyclic) bond motifs is 2. The van der Waals surface area contributed by atoms with E-state index in [4.69, 9.17) is 0 Å². The van der Waals surface area contributed by atoms with E-state index in [1.165, 1.54) is 31.9 Å². The van der Waals surface area contributed by atoms with Crippen LogP contribution in [0.5, 0.6) is 0 Å². The maximum absolute atomic E-state index is 12.7. The largest absolute Gasteiger partial charge is 0.271 e. The van der Waals surface area contributed by atoms with Gasteiger partial charge < -0.3 is 0 Å². The number of hydrogen-bond donors (Lipinski definition) is 0. The molecule has 1 aromatic rings. The molecule has 0 N–H and O–H groups in total. The fourth-order valence-corrected chi connectivity index (χ4v) is 5.11. The van der Waals surface area contributed by atoms with E-state index in [1.54, 1.807) is 15.2 Å². The summed E-state index contributed by atoms with van der Waals surface area (Å²) in [6.07, 6.45) is 8.95. The van der Waals surface area contributed by atoms with Crippen LogP contribution < -0.4 is 0 Å². The molecule has 1 aliphatic carbocycles. The van der Waals surface area contributed by atoms with Crippen molar-refractivity contribution in [3.05, 3.63) is 12.4 Å². The first-order valence-electron chi connectivity index (χ1n) is 7.62. The van der Waals surface area contributed by atoms with Crippen molar-refractivity contribution >= 4 is 10.0 Å². The average molecular weight is 297 g/mol. The van der Waals surface area contributed by atoms with E-state index < -0.39 is 10.0 Å². The first-order valence-corrected chi connectivity index (χ1v) is 9.06. The van der Waals surface area contributed by atoms with E-state index in [2.05, 4.69) is 12.0 Å². The van der Waals surface area contributed by atoms with Crippen LogP contribution >= 0.6 is 0 Å². The van der Waals surface area contributed by atoms with Gasteiger partial charge in [-0.1, -0.05) is 13.3 Å². The Morgan fingerprint density at radius 1 is 1.30 bits per heavy atom. The molecule has 1 aromatic heterocycles. The van der Waals surface area contributed by atoms with Crippen LogP contribution in [0.1, 0.15) is 39.0 Å². The second-order valence-electron chi connectivity index (χ2n) is 6.16. The number of piperidine rings is 1. The average Bonchev–Trinajstić information content (AvgIpc) is 2.88. The van der Waals surface area contributed by atoms with Gasteiger partial charge in [0.05, 0.1) is 6.20 Å². The Balaban J connectivity index is 1.80. The van der Waals surface area contributed by atoms with Gasteiger partial charge in [-0.3, -0.25) is 4.68 Å². The smallest absolute Gasteiger partial charge is 0.246 e. The standard InChI is InChI=1S/C14H23N3O2S/c1-2-6-16-11-14(8-15-16)20(18,19)17-9-12-4-3-5-13(7-12)10-17/h8,11-13H,2-7,9-10H2,1H3/t12-,13-/m0/s1. The van der Waals surface area contributed by atoms with E-state index in [0.717, 1.165) is 13.0 Å². The van der Waals surface area contributed by atoms with E-state index in [1.807, 2.05) is 0 Å². The Labute approximate surface area is 121 Å². The molecule has 6 heteroatoms. The van der Waals surface area contributed by atoms with E-state index in [9.17, 15) is 8.42 Å². The Bertz CT molecular complexity index is 555. The van der Waals surface area contributed by atoms with Crippen LogP contribution in [0.3, 0.4) is 0 Å². The van der Waals surface area contributed by atoms with Gasteiger partial charge in [0.1, 0.15) is 4.90 Å². The van der Waals surface area contributed by atoms with Crippen molar-refractivity contribution in [3.63, 3.8) is 0 Å². The Morgan fingerprint density at radius 2 is 2.00 bits per heavy atom. The van der Waals surface area contributed by atoms with Crippen LogP contribution in [0.15, 0.2) is 17.3 Å². The molecule has 0 aromatic carbocycles. The third kappa shape index (κ3) is 2.63. The number of aryl methyl sites for hydroxylation is 1. The van der Waals surface area contributed by atoms with E-state index >= 15 is 0 Å². The summed E-state index contributed by atoms with van der Waals surface area (Å²) in [4.78, 5) is 0.353. The summed E-state index contributed by atoms with van der Waals surface area (Å²) in [5.41, 5.74) is 0. The third-order valence-electron chi connectivity index (χ3n) is 4.52. The molecular formula is C14H23N3O2S. The highest BCUT2D eigenvalue weighted by atomic mass is 32.2. The zero-order valence-electron chi connectivity index (χ0n) is 12.0. The lowest BCUT2D eigenvalue weighted by molar-refractivity contribution is 0.144. The minimum atomic E-state index is -3.35. The molecule has 112 valence electrons. The summed E-state index contributed by atoms with van der Waals surface area (Å²) in [5, 5.41) is 4.15. The molecule has 1 saturated heterocycles. The maximum atomic E-state index is 12.7. The molecule has 1 aliphatic heterocycles. The van der Waals surface area contributed by atoms with Crippen molar-refractivity contribution in [2.24, 2.45) is 11.8 Å². The van der Waals surface area contributed by atoms with Gasteiger partial charge in [-0.15, -0.1) is 0 Å². The van der Waals surface area contributed by atoms with Crippen molar-refractivity contribution < 1.29 is 8.42 Å². The number of aromatic nitrogens is 2. The SMILES string of the molecule is CCCn1cc(S(=O)(=O)N2C[C@H]3CCC[C@@H](C3)C2)cn1. The zero-order valence-corrected chi connectivity index (χ0v) is 12.8. The molecule has 5 nitrogen and oxygen atoms in total. The van der Waals surface area contributed by atoms with Crippen LogP contribution in [-0.2, 0) is 16.6 Å². The summed E-state index contributed by atoms with van der Waals surface area (Å²) in [6, 6.07) is 0. The molecule has 1 saturated carbocycles. The first kappa shape index (κ1) is 14.1. The third-order valence-corrected chi connectivity index (χ3v) is 6.30. The first-order chi connectivity index (χ1) is 9.59. The van der Waals surface area contributed by atoms with Gasteiger partial charge in [-0.2, -0.15) is 9.40 Å². The molecule has 2 atom stereocenters. The molecule has 20 heavy (non-hydrogen) atoms. The predicted molar refractivity (Wildman–Crippen MR) is 76.7 cm³/mol. The van der Waals surface area contributed by atoms with Crippen LogP contribution in [0.2, 0.25) is 0 Å². The Hall–Kier alpha value is -0.880. The van der Waals surface area contributed by atoms with Crippen LogP contribution in [0, 0.1) is 11.8 Å². The molecule has 0 amide bonds. The zero-order chi connectivity index (χ0) is 14.2. The highest BCUT2D eigenvalue weighted by Gasteiger charge is 2.37. The molecule has 2 aliphatic rings. The highest BCUT2D eigenvalue weighted by Crippen LogP contribution is 2.36. The van der Waals surface area contributed by atoms with E-state index in [0.29, 0.717) is 29.8 Å². The van der Waals surface area contributed by atoms with Gasteiger partial charge in [-0.25, -0.2) is 8.42 Å². The second kappa shape index (κ2) is 5.48. The topological polar surface area (TPSA) is 55.2 Å². The lowest BCUT2D eigenvalue weighted by Crippen LogP contribution is -2.45. The number of hydrogen-bond acceptors (Lipinski definition) is 3. The lowest BCUT2D eigenvalue weighted by Gasteiger charge is -2.40. The normalized spacial score (nSPS) is 27.6.